The minimum Gasteiger partial charge on any atom is -0.481 e. The molecule has 0 aliphatic carbocycles. The first-order valence-corrected chi connectivity index (χ1v) is 5.19. The quantitative estimate of drug-likeness (QED) is 0.697. The molecule has 3 heteroatoms. The van der Waals surface area contributed by atoms with E-state index in [1.54, 1.807) is 0 Å². The van der Waals surface area contributed by atoms with Gasteiger partial charge in [-0.1, -0.05) is 13.3 Å². The van der Waals surface area contributed by atoms with Gasteiger partial charge in [0.05, 0.1) is 5.92 Å². The second-order valence-corrected chi connectivity index (χ2v) is 3.84. The third kappa shape index (κ3) is 2.99. The predicted molar refractivity (Wildman–Crippen MR) is 51.6 cm³/mol. The van der Waals surface area contributed by atoms with Crippen LogP contribution in [0.1, 0.15) is 32.6 Å². The summed E-state index contributed by atoms with van der Waals surface area (Å²) >= 11 is 0. The molecule has 2 unspecified atom stereocenters. The molecule has 1 fully saturated rings. The van der Waals surface area contributed by atoms with Gasteiger partial charge in [0.25, 0.3) is 0 Å². The molecule has 0 saturated carbocycles. The number of carbonyl (C=O) groups is 1. The van der Waals surface area contributed by atoms with Gasteiger partial charge in [0.1, 0.15) is 0 Å². The Bertz CT molecular complexity index is 164. The van der Waals surface area contributed by atoms with E-state index in [0.717, 1.165) is 38.8 Å². The van der Waals surface area contributed by atoms with E-state index < -0.39 is 5.97 Å². The molecule has 1 aliphatic rings. The molecule has 1 saturated heterocycles. The highest BCUT2D eigenvalue weighted by Crippen LogP contribution is 2.24. The summed E-state index contributed by atoms with van der Waals surface area (Å²) in [7, 11) is 0. The van der Waals surface area contributed by atoms with Crippen molar-refractivity contribution in [2.45, 2.75) is 32.6 Å². The number of hydrogen-bond acceptors (Lipinski definition) is 2. The average Bonchev–Trinajstić information content (AvgIpc) is 2.15. The maximum Gasteiger partial charge on any atom is 0.306 e. The predicted octanol–water partition coefficient (Wildman–Crippen LogP) is 1.49. The molecule has 2 N–H and O–H groups in total. The molecule has 1 heterocycles. The Hall–Kier alpha value is -0.570. The first kappa shape index (κ1) is 10.5. The lowest BCUT2D eigenvalue weighted by Gasteiger charge is -2.27. The van der Waals surface area contributed by atoms with E-state index in [0.29, 0.717) is 5.92 Å². The smallest absolute Gasteiger partial charge is 0.306 e. The maximum atomic E-state index is 11.0. The van der Waals surface area contributed by atoms with E-state index in [-0.39, 0.29) is 5.92 Å². The number of carboxylic acids is 1. The van der Waals surface area contributed by atoms with Gasteiger partial charge in [0.2, 0.25) is 0 Å². The summed E-state index contributed by atoms with van der Waals surface area (Å²) in [6, 6.07) is 0. The van der Waals surface area contributed by atoms with Gasteiger partial charge < -0.3 is 10.4 Å². The lowest BCUT2D eigenvalue weighted by Crippen LogP contribution is -2.37. The summed E-state index contributed by atoms with van der Waals surface area (Å²) in [5.74, 6) is -0.389. The minimum absolute atomic E-state index is 0.127. The van der Waals surface area contributed by atoms with Gasteiger partial charge in [-0.2, -0.15) is 0 Å². The molecule has 1 rings (SSSR count). The Morgan fingerprint density at radius 1 is 1.69 bits per heavy atom. The molecule has 3 nitrogen and oxygen atoms in total. The lowest BCUT2D eigenvalue weighted by molar-refractivity contribution is -0.144. The number of nitrogens with one attached hydrogen (secondary N) is 1. The van der Waals surface area contributed by atoms with E-state index >= 15 is 0 Å². The number of piperidine rings is 1. The number of carboxylic acid groups (broad SMARTS) is 1. The summed E-state index contributed by atoms with van der Waals surface area (Å²) in [6.45, 7) is 3.98. The van der Waals surface area contributed by atoms with Gasteiger partial charge in [0, 0.05) is 0 Å². The standard InChI is InChI=1S/C10H19NO2/c1-2-4-9(10(12)13)8-5-3-6-11-7-8/h8-9,11H,2-7H2,1H3,(H,12,13). The third-order valence-electron chi connectivity index (χ3n) is 2.82. The van der Waals surface area contributed by atoms with Crippen molar-refractivity contribution in [3.8, 4) is 0 Å². The molecule has 2 atom stereocenters. The van der Waals surface area contributed by atoms with Crippen LogP contribution in [0.3, 0.4) is 0 Å². The summed E-state index contributed by atoms with van der Waals surface area (Å²) in [5.41, 5.74) is 0. The van der Waals surface area contributed by atoms with Crippen molar-refractivity contribution < 1.29 is 9.90 Å². The zero-order chi connectivity index (χ0) is 9.68. The molecule has 1 aliphatic heterocycles. The van der Waals surface area contributed by atoms with Crippen molar-refractivity contribution in [2.24, 2.45) is 11.8 Å². The highest BCUT2D eigenvalue weighted by Gasteiger charge is 2.28. The maximum absolute atomic E-state index is 11.0. The minimum atomic E-state index is -0.615. The van der Waals surface area contributed by atoms with E-state index in [1.165, 1.54) is 0 Å². The summed E-state index contributed by atoms with van der Waals surface area (Å²) in [4.78, 5) is 11.0. The van der Waals surface area contributed by atoms with Crippen molar-refractivity contribution >= 4 is 5.97 Å². The summed E-state index contributed by atoms with van der Waals surface area (Å²) in [6.07, 6.45) is 3.98. The van der Waals surface area contributed by atoms with E-state index in [1.807, 2.05) is 6.92 Å². The second kappa shape index (κ2) is 5.22. The zero-order valence-corrected chi connectivity index (χ0v) is 8.25. The molecule has 0 aromatic heterocycles. The molecule has 0 bridgehead atoms. The first-order valence-electron chi connectivity index (χ1n) is 5.19. The van der Waals surface area contributed by atoms with Crippen molar-refractivity contribution in [1.82, 2.24) is 5.32 Å². The van der Waals surface area contributed by atoms with Crippen LogP contribution in [0.2, 0.25) is 0 Å². The fraction of sp³-hybridized carbons (Fsp3) is 0.900. The Morgan fingerprint density at radius 3 is 2.92 bits per heavy atom. The molecule has 0 aromatic carbocycles. The Morgan fingerprint density at radius 2 is 2.46 bits per heavy atom. The Labute approximate surface area is 79.5 Å². The van der Waals surface area contributed by atoms with Crippen LogP contribution in [0.4, 0.5) is 0 Å². The molecule has 0 spiro atoms. The number of aliphatic carboxylic acids is 1. The van der Waals surface area contributed by atoms with Crippen molar-refractivity contribution in [1.29, 1.82) is 0 Å². The van der Waals surface area contributed by atoms with Gasteiger partial charge in [-0.3, -0.25) is 4.79 Å². The van der Waals surface area contributed by atoms with Gasteiger partial charge in [0.15, 0.2) is 0 Å². The molecule has 0 radical (unpaired) electrons. The Kier molecular flexibility index (Phi) is 4.22. The second-order valence-electron chi connectivity index (χ2n) is 3.84. The lowest BCUT2D eigenvalue weighted by atomic mass is 9.83. The van der Waals surface area contributed by atoms with Crippen LogP contribution < -0.4 is 5.32 Å². The van der Waals surface area contributed by atoms with Gasteiger partial charge in [-0.25, -0.2) is 0 Å². The van der Waals surface area contributed by atoms with Crippen molar-refractivity contribution in [2.75, 3.05) is 13.1 Å². The largest absolute Gasteiger partial charge is 0.481 e. The van der Waals surface area contributed by atoms with Crippen LogP contribution in [0, 0.1) is 11.8 Å². The van der Waals surface area contributed by atoms with Gasteiger partial charge >= 0.3 is 5.97 Å². The van der Waals surface area contributed by atoms with E-state index in [4.69, 9.17) is 5.11 Å². The van der Waals surface area contributed by atoms with Crippen LogP contribution in [-0.4, -0.2) is 24.2 Å². The third-order valence-corrected chi connectivity index (χ3v) is 2.82. The first-order chi connectivity index (χ1) is 6.25. The highest BCUT2D eigenvalue weighted by molar-refractivity contribution is 5.70. The monoisotopic (exact) mass is 185 g/mol. The van der Waals surface area contributed by atoms with Crippen LogP contribution >= 0.6 is 0 Å². The fourth-order valence-corrected chi connectivity index (χ4v) is 2.09. The fourth-order valence-electron chi connectivity index (χ4n) is 2.09. The van der Waals surface area contributed by atoms with Gasteiger partial charge in [-0.15, -0.1) is 0 Å². The van der Waals surface area contributed by atoms with Crippen LogP contribution in [0.15, 0.2) is 0 Å². The highest BCUT2D eigenvalue weighted by atomic mass is 16.4. The molecule has 0 aromatic rings. The number of rotatable bonds is 4. The molecule has 0 amide bonds. The number of hydrogen-bond donors (Lipinski definition) is 2. The van der Waals surface area contributed by atoms with E-state index in [2.05, 4.69) is 5.32 Å². The van der Waals surface area contributed by atoms with Crippen LogP contribution in [-0.2, 0) is 4.79 Å². The van der Waals surface area contributed by atoms with E-state index in [9.17, 15) is 4.79 Å². The van der Waals surface area contributed by atoms with Crippen LogP contribution in [0.25, 0.3) is 0 Å². The SMILES string of the molecule is CCCC(C(=O)O)C1CCCNC1. The van der Waals surface area contributed by atoms with Crippen molar-refractivity contribution in [3.63, 3.8) is 0 Å². The average molecular weight is 185 g/mol. The molecule has 13 heavy (non-hydrogen) atoms. The van der Waals surface area contributed by atoms with Crippen LogP contribution in [0.5, 0.6) is 0 Å². The Balaban J connectivity index is 2.46. The molecule has 76 valence electrons. The topological polar surface area (TPSA) is 49.3 Å². The van der Waals surface area contributed by atoms with Crippen molar-refractivity contribution in [3.05, 3.63) is 0 Å². The van der Waals surface area contributed by atoms with Gasteiger partial charge in [-0.05, 0) is 38.3 Å². The molecular weight excluding hydrogens is 166 g/mol. The zero-order valence-electron chi connectivity index (χ0n) is 8.25. The summed E-state index contributed by atoms with van der Waals surface area (Å²) < 4.78 is 0. The summed E-state index contributed by atoms with van der Waals surface area (Å²) in [5, 5.41) is 12.3. The molecular formula is C10H19NO2. The normalized spacial score (nSPS) is 25.5.